The Morgan fingerprint density at radius 2 is 2.05 bits per heavy atom. The Balaban J connectivity index is 2.09. The maximum absolute atomic E-state index is 13.5. The van der Waals surface area contributed by atoms with E-state index in [-0.39, 0.29) is 5.82 Å². The predicted octanol–water partition coefficient (Wildman–Crippen LogP) is 4.16. The second-order valence-corrected chi connectivity index (χ2v) is 4.59. The van der Waals surface area contributed by atoms with Crippen LogP contribution in [0.5, 0.6) is 5.75 Å². The van der Waals surface area contributed by atoms with Gasteiger partial charge in [-0.3, -0.25) is 0 Å². The van der Waals surface area contributed by atoms with Gasteiger partial charge in [-0.1, -0.05) is 19.1 Å². The topological polar surface area (TPSA) is 37.9 Å². The van der Waals surface area contributed by atoms with Crippen molar-refractivity contribution in [1.82, 2.24) is 9.97 Å². The first kappa shape index (κ1) is 12.7. The molecule has 1 heterocycles. The van der Waals surface area contributed by atoms with Crippen LogP contribution in [0.25, 0.3) is 22.4 Å². The molecule has 0 radical (unpaired) electrons. The average molecular weight is 270 g/mol. The van der Waals surface area contributed by atoms with Crippen molar-refractivity contribution >= 4 is 11.0 Å². The number of benzene rings is 2. The van der Waals surface area contributed by atoms with Crippen molar-refractivity contribution in [3.8, 4) is 17.1 Å². The third-order valence-corrected chi connectivity index (χ3v) is 3.05. The van der Waals surface area contributed by atoms with E-state index in [4.69, 9.17) is 4.74 Å². The van der Waals surface area contributed by atoms with Crippen molar-refractivity contribution in [2.75, 3.05) is 6.61 Å². The Kier molecular flexibility index (Phi) is 3.37. The van der Waals surface area contributed by atoms with Gasteiger partial charge in [-0.2, -0.15) is 0 Å². The zero-order valence-corrected chi connectivity index (χ0v) is 11.2. The highest BCUT2D eigenvalue weighted by Gasteiger charge is 2.12. The lowest BCUT2D eigenvalue weighted by Gasteiger charge is -2.09. The number of aromatic amines is 1. The van der Waals surface area contributed by atoms with E-state index in [0.717, 1.165) is 17.5 Å². The summed E-state index contributed by atoms with van der Waals surface area (Å²) in [5.41, 5.74) is 2.43. The lowest BCUT2D eigenvalue weighted by Crippen LogP contribution is -1.98. The molecule has 0 amide bonds. The van der Waals surface area contributed by atoms with Gasteiger partial charge in [-0.15, -0.1) is 0 Å². The lowest BCUT2D eigenvalue weighted by atomic mass is 10.2. The van der Waals surface area contributed by atoms with Crippen LogP contribution >= 0.6 is 0 Å². The first-order valence-electron chi connectivity index (χ1n) is 6.65. The Bertz CT molecular complexity index is 703. The van der Waals surface area contributed by atoms with Crippen LogP contribution in [0.4, 0.5) is 4.39 Å². The molecule has 0 aliphatic heterocycles. The minimum Gasteiger partial charge on any atom is -0.493 e. The summed E-state index contributed by atoms with van der Waals surface area (Å²) in [5.74, 6) is 0.966. The fourth-order valence-electron chi connectivity index (χ4n) is 2.11. The highest BCUT2D eigenvalue weighted by atomic mass is 19.1. The molecule has 0 atom stereocenters. The Labute approximate surface area is 116 Å². The number of ether oxygens (including phenoxy) is 1. The second-order valence-electron chi connectivity index (χ2n) is 4.59. The van der Waals surface area contributed by atoms with Gasteiger partial charge < -0.3 is 9.72 Å². The van der Waals surface area contributed by atoms with Crippen LogP contribution in [0.3, 0.4) is 0 Å². The number of hydrogen-bond donors (Lipinski definition) is 1. The summed E-state index contributed by atoms with van der Waals surface area (Å²) >= 11 is 0. The number of hydrogen-bond acceptors (Lipinski definition) is 2. The lowest BCUT2D eigenvalue weighted by molar-refractivity contribution is 0.318. The molecular weight excluding hydrogens is 255 g/mol. The minimum atomic E-state index is -0.302. The van der Waals surface area contributed by atoms with Crippen LogP contribution < -0.4 is 4.74 Å². The van der Waals surface area contributed by atoms with Crippen LogP contribution in [0.2, 0.25) is 0 Å². The van der Waals surface area contributed by atoms with Gasteiger partial charge in [-0.25, -0.2) is 9.37 Å². The third kappa shape index (κ3) is 2.37. The standard InChI is InChI=1S/C16H15FN2O/c1-2-9-20-15-8-7-11(17)10-12(15)16-18-13-5-3-4-6-14(13)19-16/h3-8,10H,2,9H2,1H3,(H,18,19). The molecule has 0 unspecified atom stereocenters. The van der Waals surface area contributed by atoms with E-state index < -0.39 is 0 Å². The quantitative estimate of drug-likeness (QED) is 0.773. The molecule has 20 heavy (non-hydrogen) atoms. The minimum absolute atomic E-state index is 0.302. The summed E-state index contributed by atoms with van der Waals surface area (Å²) in [7, 11) is 0. The summed E-state index contributed by atoms with van der Waals surface area (Å²) in [6.07, 6.45) is 0.900. The van der Waals surface area contributed by atoms with Crippen molar-refractivity contribution in [2.24, 2.45) is 0 Å². The molecule has 102 valence electrons. The van der Waals surface area contributed by atoms with E-state index in [9.17, 15) is 4.39 Å². The maximum atomic E-state index is 13.5. The van der Waals surface area contributed by atoms with Crippen LogP contribution in [-0.4, -0.2) is 16.6 Å². The van der Waals surface area contributed by atoms with E-state index in [0.29, 0.717) is 23.7 Å². The zero-order valence-electron chi connectivity index (χ0n) is 11.2. The number of imidazole rings is 1. The maximum Gasteiger partial charge on any atom is 0.142 e. The smallest absolute Gasteiger partial charge is 0.142 e. The molecule has 0 saturated carbocycles. The van der Waals surface area contributed by atoms with Gasteiger partial charge in [0.1, 0.15) is 17.4 Å². The number of H-pyrrole nitrogens is 1. The van der Waals surface area contributed by atoms with Crippen molar-refractivity contribution in [3.63, 3.8) is 0 Å². The Morgan fingerprint density at radius 1 is 1.20 bits per heavy atom. The van der Waals surface area contributed by atoms with Gasteiger partial charge in [0, 0.05) is 0 Å². The Hall–Kier alpha value is -2.36. The highest BCUT2D eigenvalue weighted by Crippen LogP contribution is 2.30. The highest BCUT2D eigenvalue weighted by molar-refractivity contribution is 5.80. The summed E-state index contributed by atoms with van der Waals surface area (Å²) in [4.78, 5) is 7.69. The summed E-state index contributed by atoms with van der Waals surface area (Å²) < 4.78 is 19.2. The largest absolute Gasteiger partial charge is 0.493 e. The molecule has 0 fully saturated rings. The first-order chi connectivity index (χ1) is 9.78. The number of nitrogens with one attached hydrogen (secondary N) is 1. The molecule has 0 spiro atoms. The molecule has 0 saturated heterocycles. The van der Waals surface area contributed by atoms with Crippen molar-refractivity contribution in [3.05, 3.63) is 48.3 Å². The van der Waals surface area contributed by atoms with E-state index in [2.05, 4.69) is 9.97 Å². The van der Waals surface area contributed by atoms with E-state index in [1.807, 2.05) is 31.2 Å². The molecular formula is C16H15FN2O. The van der Waals surface area contributed by atoms with Gasteiger partial charge in [0.15, 0.2) is 0 Å². The van der Waals surface area contributed by atoms with Gasteiger partial charge >= 0.3 is 0 Å². The Morgan fingerprint density at radius 3 is 2.85 bits per heavy atom. The monoisotopic (exact) mass is 270 g/mol. The molecule has 1 N–H and O–H groups in total. The average Bonchev–Trinajstić information content (AvgIpc) is 2.89. The number of halogens is 1. The SMILES string of the molecule is CCCOc1ccc(F)cc1-c1nc2ccccc2[nH]1. The molecule has 2 aromatic carbocycles. The molecule has 3 nitrogen and oxygen atoms in total. The number of rotatable bonds is 4. The van der Waals surface area contributed by atoms with Crippen molar-refractivity contribution < 1.29 is 9.13 Å². The van der Waals surface area contributed by atoms with Crippen LogP contribution in [0.1, 0.15) is 13.3 Å². The van der Waals surface area contributed by atoms with Crippen molar-refractivity contribution in [2.45, 2.75) is 13.3 Å². The number of para-hydroxylation sites is 2. The molecule has 3 rings (SSSR count). The summed E-state index contributed by atoms with van der Waals surface area (Å²) in [6, 6.07) is 12.2. The fraction of sp³-hybridized carbons (Fsp3) is 0.188. The van der Waals surface area contributed by atoms with Crippen LogP contribution in [0.15, 0.2) is 42.5 Å². The summed E-state index contributed by atoms with van der Waals surface area (Å²) in [6.45, 7) is 2.63. The predicted molar refractivity (Wildman–Crippen MR) is 77.3 cm³/mol. The summed E-state index contributed by atoms with van der Waals surface area (Å²) in [5, 5.41) is 0. The number of fused-ring (bicyclic) bond motifs is 1. The molecule has 3 aromatic rings. The number of aromatic nitrogens is 2. The second kappa shape index (κ2) is 5.33. The van der Waals surface area contributed by atoms with Crippen molar-refractivity contribution in [1.29, 1.82) is 0 Å². The van der Waals surface area contributed by atoms with E-state index in [1.165, 1.54) is 12.1 Å². The van der Waals surface area contributed by atoms with Crippen LogP contribution in [-0.2, 0) is 0 Å². The zero-order chi connectivity index (χ0) is 13.9. The van der Waals surface area contributed by atoms with Gasteiger partial charge in [-0.05, 0) is 36.8 Å². The first-order valence-corrected chi connectivity index (χ1v) is 6.65. The number of nitrogens with zero attached hydrogens (tertiary/aromatic N) is 1. The molecule has 0 bridgehead atoms. The van der Waals surface area contributed by atoms with Gasteiger partial charge in [0.2, 0.25) is 0 Å². The molecule has 1 aromatic heterocycles. The fourth-order valence-corrected chi connectivity index (χ4v) is 2.11. The van der Waals surface area contributed by atoms with Crippen LogP contribution in [0, 0.1) is 5.82 Å². The van der Waals surface area contributed by atoms with Gasteiger partial charge in [0.25, 0.3) is 0 Å². The molecule has 4 heteroatoms. The molecule has 0 aliphatic carbocycles. The van der Waals surface area contributed by atoms with Gasteiger partial charge in [0.05, 0.1) is 23.2 Å². The molecule has 0 aliphatic rings. The normalized spacial score (nSPS) is 10.9. The van der Waals surface area contributed by atoms with E-state index in [1.54, 1.807) is 6.07 Å². The van der Waals surface area contributed by atoms with E-state index >= 15 is 0 Å². The third-order valence-electron chi connectivity index (χ3n) is 3.05.